The van der Waals surface area contributed by atoms with Crippen molar-refractivity contribution >= 4 is 37.7 Å². The van der Waals surface area contributed by atoms with Crippen molar-refractivity contribution in [2.45, 2.75) is 93.2 Å². The van der Waals surface area contributed by atoms with Gasteiger partial charge in [-0.05, 0) is 103 Å². The molecule has 0 aliphatic heterocycles. The minimum Gasteiger partial charge on any atom is -0.0591 e. The highest BCUT2D eigenvalue weighted by Gasteiger charge is 2.27. The molecular formula is C38H48P2. The first-order chi connectivity index (χ1) is 19.0. The van der Waals surface area contributed by atoms with E-state index in [-0.39, 0.29) is 7.92 Å². The standard InChI is InChI=1S/C22H29P.C16H19P/c1-16-10-17(2)13-21(12-16)23(20-8-6-5-7-9-20)22-14-18(3)11-19(4)15-22;1-11-5-12(2)8-15(7-11)17-16-9-13(3)6-14(4)10-16/h10-15,20H,5-9H2,1-4H3;5-10,17H,1-4H3. The van der Waals surface area contributed by atoms with Crippen molar-refractivity contribution in [1.29, 1.82) is 0 Å². The molecule has 1 saturated carbocycles. The van der Waals surface area contributed by atoms with Crippen molar-refractivity contribution in [1.82, 2.24) is 0 Å². The van der Waals surface area contributed by atoms with E-state index in [1.165, 1.54) is 87.2 Å². The molecule has 0 N–H and O–H groups in total. The number of aryl methyl sites for hydroxylation is 8. The topological polar surface area (TPSA) is 0 Å². The zero-order valence-electron chi connectivity index (χ0n) is 26.0. The predicted molar refractivity (Wildman–Crippen MR) is 184 cm³/mol. The first kappa shape index (κ1) is 30.7. The fourth-order valence-corrected chi connectivity index (χ4v) is 11.3. The van der Waals surface area contributed by atoms with Gasteiger partial charge in [0.25, 0.3) is 0 Å². The van der Waals surface area contributed by atoms with Gasteiger partial charge in [0.2, 0.25) is 0 Å². The van der Waals surface area contributed by atoms with Crippen LogP contribution in [0.25, 0.3) is 0 Å². The monoisotopic (exact) mass is 566 g/mol. The van der Waals surface area contributed by atoms with Gasteiger partial charge in [0.15, 0.2) is 0 Å². The molecule has 0 nitrogen and oxygen atoms in total. The Morgan fingerprint density at radius 1 is 0.425 bits per heavy atom. The van der Waals surface area contributed by atoms with E-state index in [0.29, 0.717) is 0 Å². The van der Waals surface area contributed by atoms with Gasteiger partial charge in [-0.3, -0.25) is 0 Å². The molecule has 0 aromatic heterocycles. The van der Waals surface area contributed by atoms with Crippen LogP contribution in [0.4, 0.5) is 0 Å². The van der Waals surface area contributed by atoms with E-state index in [9.17, 15) is 0 Å². The Morgan fingerprint density at radius 2 is 0.725 bits per heavy atom. The maximum absolute atomic E-state index is 2.45. The van der Waals surface area contributed by atoms with Crippen LogP contribution in [0.15, 0.2) is 72.8 Å². The molecule has 1 fully saturated rings. The molecule has 0 unspecified atom stereocenters. The quantitative estimate of drug-likeness (QED) is 0.211. The van der Waals surface area contributed by atoms with Crippen molar-refractivity contribution in [2.75, 3.05) is 0 Å². The van der Waals surface area contributed by atoms with E-state index in [0.717, 1.165) is 14.2 Å². The van der Waals surface area contributed by atoms with Gasteiger partial charge in [-0.2, -0.15) is 0 Å². The van der Waals surface area contributed by atoms with Gasteiger partial charge in [0.1, 0.15) is 0 Å². The summed E-state index contributed by atoms with van der Waals surface area (Å²) in [6, 6.07) is 28.0. The fourth-order valence-electron chi connectivity index (χ4n) is 6.35. The normalized spacial score (nSPS) is 13.7. The second-order valence-corrected chi connectivity index (χ2v) is 16.1. The molecular weight excluding hydrogens is 518 g/mol. The van der Waals surface area contributed by atoms with Crippen molar-refractivity contribution in [3.63, 3.8) is 0 Å². The van der Waals surface area contributed by atoms with Crippen molar-refractivity contribution in [2.24, 2.45) is 0 Å². The fraction of sp³-hybridized carbons (Fsp3) is 0.368. The maximum atomic E-state index is 2.45. The van der Waals surface area contributed by atoms with E-state index < -0.39 is 0 Å². The van der Waals surface area contributed by atoms with Crippen LogP contribution < -0.4 is 21.2 Å². The minimum atomic E-state index is -0.234. The van der Waals surface area contributed by atoms with E-state index in [2.05, 4.69) is 128 Å². The summed E-state index contributed by atoms with van der Waals surface area (Å²) in [7, 11) is 0.528. The molecule has 0 atom stereocenters. The van der Waals surface area contributed by atoms with Gasteiger partial charge >= 0.3 is 0 Å². The van der Waals surface area contributed by atoms with Gasteiger partial charge in [-0.1, -0.05) is 145 Å². The maximum Gasteiger partial charge on any atom is -0.0129 e. The number of hydrogen-bond donors (Lipinski definition) is 0. The molecule has 4 aromatic carbocycles. The van der Waals surface area contributed by atoms with Crippen LogP contribution in [0.3, 0.4) is 0 Å². The Bertz CT molecular complexity index is 1260. The van der Waals surface area contributed by atoms with Crippen molar-refractivity contribution in [3.05, 3.63) is 117 Å². The highest BCUT2D eigenvalue weighted by atomic mass is 31.1. The van der Waals surface area contributed by atoms with Gasteiger partial charge < -0.3 is 0 Å². The zero-order valence-corrected chi connectivity index (χ0v) is 27.9. The molecule has 1 aliphatic rings. The molecule has 0 radical (unpaired) electrons. The molecule has 0 amide bonds. The average molecular weight is 567 g/mol. The molecule has 1 aliphatic carbocycles. The van der Waals surface area contributed by atoms with Crippen LogP contribution in [0.5, 0.6) is 0 Å². The Hall–Kier alpha value is -2.26. The molecule has 0 spiro atoms. The highest BCUT2D eigenvalue weighted by molar-refractivity contribution is 7.73. The van der Waals surface area contributed by atoms with Crippen LogP contribution in [0, 0.1) is 55.4 Å². The third-order valence-corrected chi connectivity index (χ3v) is 11.7. The van der Waals surface area contributed by atoms with E-state index in [4.69, 9.17) is 0 Å². The summed E-state index contributed by atoms with van der Waals surface area (Å²) in [5.74, 6) is 0. The first-order valence-corrected chi connectivity index (χ1v) is 17.4. The second kappa shape index (κ2) is 14.1. The van der Waals surface area contributed by atoms with E-state index in [1.54, 1.807) is 10.6 Å². The van der Waals surface area contributed by atoms with Crippen LogP contribution in [-0.2, 0) is 0 Å². The van der Waals surface area contributed by atoms with Crippen LogP contribution in [0.1, 0.15) is 76.6 Å². The summed E-state index contributed by atoms with van der Waals surface area (Å²) in [5.41, 5.74) is 11.9. The Balaban J connectivity index is 0.000000194. The van der Waals surface area contributed by atoms with Gasteiger partial charge in [0, 0.05) is 0 Å². The molecule has 0 bridgehead atoms. The zero-order chi connectivity index (χ0) is 28.8. The SMILES string of the molecule is Cc1cc(C)cc(P(c2cc(C)cc(C)c2)C2CCCCC2)c1.Cc1cc(C)cc(Pc2cc(C)cc(C)c2)c1. The van der Waals surface area contributed by atoms with E-state index in [1.807, 2.05) is 0 Å². The molecule has 2 heteroatoms. The Kier molecular flexibility index (Phi) is 10.8. The molecule has 210 valence electrons. The lowest BCUT2D eigenvalue weighted by atomic mass is 10.0. The smallest absolute Gasteiger partial charge is 0.0129 e. The van der Waals surface area contributed by atoms with Crippen LogP contribution in [-0.4, -0.2) is 5.66 Å². The summed E-state index contributed by atoms with van der Waals surface area (Å²) in [4.78, 5) is 0. The van der Waals surface area contributed by atoms with Crippen LogP contribution >= 0.6 is 16.5 Å². The van der Waals surface area contributed by atoms with Crippen LogP contribution in [0.2, 0.25) is 0 Å². The lowest BCUT2D eigenvalue weighted by Gasteiger charge is -2.32. The number of rotatable bonds is 5. The Morgan fingerprint density at radius 3 is 1.05 bits per heavy atom. The Labute approximate surface area is 247 Å². The van der Waals surface area contributed by atoms with E-state index >= 15 is 0 Å². The first-order valence-electron chi connectivity index (χ1n) is 15.0. The minimum absolute atomic E-state index is 0.234. The third kappa shape index (κ3) is 8.87. The van der Waals surface area contributed by atoms with Crippen molar-refractivity contribution < 1.29 is 0 Å². The molecule has 0 heterocycles. The molecule has 0 saturated heterocycles. The van der Waals surface area contributed by atoms with Crippen molar-refractivity contribution in [3.8, 4) is 0 Å². The highest BCUT2D eigenvalue weighted by Crippen LogP contribution is 2.46. The largest absolute Gasteiger partial charge is 0.0591 e. The van der Waals surface area contributed by atoms with Gasteiger partial charge in [-0.15, -0.1) is 0 Å². The second-order valence-electron chi connectivity index (χ2n) is 12.2. The number of hydrogen-bond acceptors (Lipinski definition) is 0. The molecule has 4 aromatic rings. The average Bonchev–Trinajstić information content (AvgIpc) is 2.83. The summed E-state index contributed by atoms with van der Waals surface area (Å²) < 4.78 is 0. The lowest BCUT2D eigenvalue weighted by Crippen LogP contribution is -2.24. The lowest BCUT2D eigenvalue weighted by molar-refractivity contribution is 0.513. The third-order valence-electron chi connectivity index (χ3n) is 7.64. The molecule has 5 rings (SSSR count). The number of benzene rings is 4. The van der Waals surface area contributed by atoms with Gasteiger partial charge in [-0.25, -0.2) is 0 Å². The summed E-state index contributed by atoms with van der Waals surface area (Å²) >= 11 is 0. The summed E-state index contributed by atoms with van der Waals surface area (Å²) in [6.45, 7) is 17.6. The predicted octanol–water partition coefficient (Wildman–Crippen LogP) is 9.24. The van der Waals surface area contributed by atoms with Gasteiger partial charge in [0.05, 0.1) is 0 Å². The summed E-state index contributed by atoms with van der Waals surface area (Å²) in [5, 5.41) is 6.06. The summed E-state index contributed by atoms with van der Waals surface area (Å²) in [6.07, 6.45) is 7.08. The molecule has 40 heavy (non-hydrogen) atoms.